The van der Waals surface area contributed by atoms with Gasteiger partial charge in [-0.2, -0.15) is 11.8 Å². The van der Waals surface area contributed by atoms with E-state index in [1.807, 2.05) is 12.1 Å². The topological polar surface area (TPSA) is 88.9 Å². The number of rotatable bonds is 9. The number of piperidine rings is 1. The molecule has 0 bridgehead atoms. The van der Waals surface area contributed by atoms with E-state index in [4.69, 9.17) is 9.15 Å². The highest BCUT2D eigenvalue weighted by Crippen LogP contribution is 2.25. The minimum atomic E-state index is -3.72. The standard InChI is InChI=1S/C20H26N2O5S2/c1-26-19-8-7-17(14-18(19)20(23)22-10-3-2-4-11-22)29(24,25)21-9-13-28-15-16-6-5-12-27-16/h5-8,12,14,21H,2-4,9-11,13,15H2,1H3. The van der Waals surface area contributed by atoms with Gasteiger partial charge in [-0.15, -0.1) is 0 Å². The van der Waals surface area contributed by atoms with E-state index in [1.165, 1.54) is 25.3 Å². The van der Waals surface area contributed by atoms with Crippen molar-refractivity contribution >= 4 is 27.7 Å². The lowest BCUT2D eigenvalue weighted by Crippen LogP contribution is -2.36. The number of furan rings is 1. The van der Waals surface area contributed by atoms with Gasteiger partial charge in [0.25, 0.3) is 5.91 Å². The highest BCUT2D eigenvalue weighted by Gasteiger charge is 2.24. The van der Waals surface area contributed by atoms with Crippen molar-refractivity contribution in [2.45, 2.75) is 29.9 Å². The summed E-state index contributed by atoms with van der Waals surface area (Å²) >= 11 is 1.58. The third-order valence-corrected chi connectivity index (χ3v) is 7.16. The van der Waals surface area contributed by atoms with Crippen LogP contribution in [0, 0.1) is 0 Å². The summed E-state index contributed by atoms with van der Waals surface area (Å²) in [6, 6.07) is 8.12. The number of hydrogen-bond acceptors (Lipinski definition) is 6. The molecule has 2 heterocycles. The lowest BCUT2D eigenvalue weighted by atomic mass is 10.1. The Hall–Kier alpha value is -1.97. The maximum absolute atomic E-state index is 12.9. The number of likely N-dealkylation sites (tertiary alicyclic amines) is 1. The number of sulfonamides is 1. The highest BCUT2D eigenvalue weighted by molar-refractivity contribution is 7.98. The van der Waals surface area contributed by atoms with Crippen LogP contribution >= 0.6 is 11.8 Å². The molecule has 1 fully saturated rings. The smallest absolute Gasteiger partial charge is 0.257 e. The normalized spacial score (nSPS) is 14.7. The highest BCUT2D eigenvalue weighted by atomic mass is 32.2. The van der Waals surface area contributed by atoms with E-state index >= 15 is 0 Å². The summed E-state index contributed by atoms with van der Waals surface area (Å²) in [5, 5.41) is 0. The van der Waals surface area contributed by atoms with Crippen LogP contribution in [0.2, 0.25) is 0 Å². The van der Waals surface area contributed by atoms with Gasteiger partial charge in [0, 0.05) is 25.4 Å². The van der Waals surface area contributed by atoms with Crippen molar-refractivity contribution in [3.05, 3.63) is 47.9 Å². The Labute approximate surface area is 175 Å². The van der Waals surface area contributed by atoms with Gasteiger partial charge < -0.3 is 14.1 Å². The molecule has 0 atom stereocenters. The van der Waals surface area contributed by atoms with Crippen LogP contribution < -0.4 is 9.46 Å². The van der Waals surface area contributed by atoms with E-state index in [0.29, 0.717) is 30.3 Å². The number of nitrogens with one attached hydrogen (secondary N) is 1. The molecule has 29 heavy (non-hydrogen) atoms. The molecule has 1 aliphatic heterocycles. The predicted octanol–water partition coefficient (Wildman–Crippen LogP) is 3.13. The van der Waals surface area contributed by atoms with Crippen molar-refractivity contribution in [2.75, 3.05) is 32.5 Å². The van der Waals surface area contributed by atoms with Gasteiger partial charge in [0.2, 0.25) is 10.0 Å². The zero-order valence-electron chi connectivity index (χ0n) is 16.4. The average Bonchev–Trinajstić information content (AvgIpc) is 3.26. The summed E-state index contributed by atoms with van der Waals surface area (Å²) in [5.41, 5.74) is 0.282. The molecule has 3 rings (SSSR count). The molecule has 0 saturated carbocycles. The lowest BCUT2D eigenvalue weighted by Gasteiger charge is -2.27. The Bertz CT molecular complexity index is 907. The number of methoxy groups -OCH3 is 1. The molecule has 0 unspecified atom stereocenters. The first-order chi connectivity index (χ1) is 14.0. The van der Waals surface area contributed by atoms with E-state index in [9.17, 15) is 13.2 Å². The minimum absolute atomic E-state index is 0.0645. The van der Waals surface area contributed by atoms with Gasteiger partial charge in [-0.05, 0) is 49.6 Å². The molecule has 2 aromatic rings. The number of carbonyl (C=O) groups excluding carboxylic acids is 1. The van der Waals surface area contributed by atoms with Crippen molar-refractivity contribution < 1.29 is 22.4 Å². The summed E-state index contributed by atoms with van der Waals surface area (Å²) in [6.07, 6.45) is 4.65. The summed E-state index contributed by atoms with van der Waals surface area (Å²) in [4.78, 5) is 14.7. The van der Waals surface area contributed by atoms with E-state index in [2.05, 4.69) is 4.72 Å². The van der Waals surface area contributed by atoms with Crippen molar-refractivity contribution in [1.29, 1.82) is 0 Å². The largest absolute Gasteiger partial charge is 0.496 e. The Morgan fingerprint density at radius 2 is 2.03 bits per heavy atom. The molecule has 1 N–H and O–H groups in total. The number of nitrogens with zero attached hydrogens (tertiary/aromatic N) is 1. The molecular weight excluding hydrogens is 412 g/mol. The van der Waals surface area contributed by atoms with Crippen LogP contribution in [-0.2, 0) is 15.8 Å². The maximum Gasteiger partial charge on any atom is 0.257 e. The first-order valence-corrected chi connectivity index (χ1v) is 12.2. The van der Waals surface area contributed by atoms with Crippen LogP contribution in [-0.4, -0.2) is 51.7 Å². The number of benzene rings is 1. The molecule has 1 aromatic carbocycles. The van der Waals surface area contributed by atoms with Crippen LogP contribution in [0.1, 0.15) is 35.4 Å². The fraction of sp³-hybridized carbons (Fsp3) is 0.450. The zero-order chi connectivity index (χ0) is 20.7. The average molecular weight is 439 g/mol. The van der Waals surface area contributed by atoms with E-state index in [0.717, 1.165) is 25.0 Å². The van der Waals surface area contributed by atoms with Gasteiger partial charge in [-0.25, -0.2) is 13.1 Å². The molecule has 1 saturated heterocycles. The summed E-state index contributed by atoms with van der Waals surface area (Å²) < 4.78 is 38.5. The molecular formula is C20H26N2O5S2. The Morgan fingerprint density at radius 1 is 1.24 bits per heavy atom. The first kappa shape index (κ1) is 21.7. The van der Waals surface area contributed by atoms with Crippen LogP contribution in [0.25, 0.3) is 0 Å². The molecule has 0 spiro atoms. The molecule has 158 valence electrons. The van der Waals surface area contributed by atoms with E-state index in [1.54, 1.807) is 22.9 Å². The Kier molecular flexibility index (Phi) is 7.63. The van der Waals surface area contributed by atoms with Crippen molar-refractivity contribution in [3.8, 4) is 5.75 Å². The quantitative estimate of drug-likeness (QED) is 0.605. The van der Waals surface area contributed by atoms with Crippen molar-refractivity contribution in [2.24, 2.45) is 0 Å². The fourth-order valence-corrected chi connectivity index (χ4v) is 5.13. The Morgan fingerprint density at radius 3 is 2.72 bits per heavy atom. The van der Waals surface area contributed by atoms with Gasteiger partial charge >= 0.3 is 0 Å². The van der Waals surface area contributed by atoms with Gasteiger partial charge in [-0.1, -0.05) is 0 Å². The maximum atomic E-state index is 12.9. The number of thioether (sulfide) groups is 1. The molecule has 0 radical (unpaired) electrons. The summed E-state index contributed by atoms with van der Waals surface area (Å²) in [5.74, 6) is 2.34. The second kappa shape index (κ2) is 10.2. The van der Waals surface area contributed by atoms with Gasteiger partial charge in [-0.3, -0.25) is 4.79 Å². The van der Waals surface area contributed by atoms with Gasteiger partial charge in [0.05, 0.1) is 29.6 Å². The van der Waals surface area contributed by atoms with E-state index in [-0.39, 0.29) is 22.9 Å². The first-order valence-electron chi connectivity index (χ1n) is 9.58. The van der Waals surface area contributed by atoms with Gasteiger partial charge in [0.15, 0.2) is 0 Å². The molecule has 1 aromatic heterocycles. The number of hydrogen-bond donors (Lipinski definition) is 1. The number of carbonyl (C=O) groups is 1. The number of ether oxygens (including phenoxy) is 1. The van der Waals surface area contributed by atoms with Crippen molar-refractivity contribution in [1.82, 2.24) is 9.62 Å². The van der Waals surface area contributed by atoms with Crippen LogP contribution in [0.4, 0.5) is 0 Å². The lowest BCUT2D eigenvalue weighted by molar-refractivity contribution is 0.0720. The molecule has 9 heteroatoms. The third-order valence-electron chi connectivity index (χ3n) is 4.72. The molecule has 1 aliphatic rings. The van der Waals surface area contributed by atoms with Crippen molar-refractivity contribution in [3.63, 3.8) is 0 Å². The summed E-state index contributed by atoms with van der Waals surface area (Å²) in [7, 11) is -2.24. The molecule has 7 nitrogen and oxygen atoms in total. The second-order valence-corrected chi connectivity index (χ2v) is 9.62. The van der Waals surface area contributed by atoms with Gasteiger partial charge in [0.1, 0.15) is 11.5 Å². The van der Waals surface area contributed by atoms with Crippen LogP contribution in [0.3, 0.4) is 0 Å². The molecule has 0 aliphatic carbocycles. The Balaban J connectivity index is 1.64. The third kappa shape index (κ3) is 5.77. The number of amides is 1. The summed E-state index contributed by atoms with van der Waals surface area (Å²) in [6.45, 7) is 1.66. The second-order valence-electron chi connectivity index (χ2n) is 6.74. The van der Waals surface area contributed by atoms with Crippen LogP contribution in [0.5, 0.6) is 5.75 Å². The minimum Gasteiger partial charge on any atom is -0.496 e. The van der Waals surface area contributed by atoms with E-state index < -0.39 is 10.0 Å². The zero-order valence-corrected chi connectivity index (χ0v) is 18.1. The SMILES string of the molecule is COc1ccc(S(=O)(=O)NCCSCc2ccco2)cc1C(=O)N1CCCCC1. The monoisotopic (exact) mass is 438 g/mol. The molecule has 1 amide bonds. The predicted molar refractivity (Wildman–Crippen MR) is 113 cm³/mol. The van der Waals surface area contributed by atoms with Crippen LogP contribution in [0.15, 0.2) is 45.9 Å². The fourth-order valence-electron chi connectivity index (χ4n) is 3.19.